The minimum Gasteiger partial charge on any atom is -0.303 e. The maximum Gasteiger partial charge on any atom is 0.0654 e. The Bertz CT molecular complexity index is 104. The second kappa shape index (κ2) is 2.05. The van der Waals surface area contributed by atoms with Crippen molar-refractivity contribution in [1.82, 2.24) is 4.90 Å². The molecule has 1 aliphatic rings. The first-order valence-corrected chi connectivity index (χ1v) is 3.33. The number of rotatable bonds is 1. The molecule has 1 aliphatic heterocycles. The van der Waals surface area contributed by atoms with Crippen molar-refractivity contribution in [3.05, 3.63) is 0 Å². The molecule has 1 nitrogen and oxygen atoms in total. The summed E-state index contributed by atoms with van der Waals surface area (Å²) in [7, 11) is 11.2. The molecule has 0 atom stereocenters. The van der Waals surface area contributed by atoms with Gasteiger partial charge < -0.3 is 4.90 Å². The summed E-state index contributed by atoms with van der Waals surface area (Å²) in [5.41, 5.74) is 0. The summed E-state index contributed by atoms with van der Waals surface area (Å²) in [6, 6.07) is 0.588. The third-order valence-corrected chi connectivity index (χ3v) is 1.73. The van der Waals surface area contributed by atoms with E-state index in [1.807, 2.05) is 0 Å². The highest BCUT2D eigenvalue weighted by Gasteiger charge is 2.33. The fraction of sp³-hybridized carbons (Fsp3) is 1.00. The van der Waals surface area contributed by atoms with Crippen molar-refractivity contribution in [1.29, 1.82) is 0 Å². The van der Waals surface area contributed by atoms with Gasteiger partial charge in [0.15, 0.2) is 0 Å². The van der Waals surface area contributed by atoms with E-state index >= 15 is 0 Å². The summed E-state index contributed by atoms with van der Waals surface area (Å²) in [6.07, 6.45) is 0. The van der Waals surface area contributed by atoms with E-state index < -0.39 is 5.21 Å². The molecule has 0 amide bonds. The fourth-order valence-electron chi connectivity index (χ4n) is 1.08. The van der Waals surface area contributed by atoms with E-state index in [2.05, 4.69) is 18.7 Å². The predicted molar refractivity (Wildman–Crippen MR) is 40.9 cm³/mol. The lowest BCUT2D eigenvalue weighted by Crippen LogP contribution is -2.54. The molecule has 0 saturated carbocycles. The molecule has 1 rings (SSSR count). The van der Waals surface area contributed by atoms with Gasteiger partial charge in [-0.3, -0.25) is 0 Å². The zero-order valence-electron chi connectivity index (χ0n) is 6.09. The quantitative estimate of drug-likeness (QED) is 0.444. The lowest BCUT2D eigenvalue weighted by atomic mass is 9.50. The summed E-state index contributed by atoms with van der Waals surface area (Å²) in [5.74, 6) is 0. The van der Waals surface area contributed by atoms with Crippen LogP contribution in [0.25, 0.3) is 0 Å². The molecule has 1 saturated heterocycles. The molecule has 0 unspecified atom stereocenters. The van der Waals surface area contributed by atoms with Gasteiger partial charge in [-0.05, 0) is 26.9 Å². The molecule has 4 radical (unpaired) electrons. The highest BCUT2D eigenvalue weighted by atomic mass is 15.2. The number of hydrogen-bond acceptors (Lipinski definition) is 1. The molecule has 0 aromatic rings. The first kappa shape index (κ1) is 7.20. The van der Waals surface area contributed by atoms with E-state index in [9.17, 15) is 0 Å². The van der Waals surface area contributed by atoms with Gasteiger partial charge in [0.25, 0.3) is 0 Å². The smallest absolute Gasteiger partial charge is 0.0654 e. The molecule has 0 N–H and O–H groups in total. The average molecular weight is 119 g/mol. The van der Waals surface area contributed by atoms with Gasteiger partial charge in [-0.2, -0.15) is 0 Å². The maximum absolute atomic E-state index is 5.59. The van der Waals surface area contributed by atoms with Crippen molar-refractivity contribution in [2.45, 2.75) is 25.1 Å². The van der Waals surface area contributed by atoms with Crippen molar-refractivity contribution in [3.63, 3.8) is 0 Å². The number of likely N-dealkylation sites (tertiary alicyclic amines) is 1. The van der Waals surface area contributed by atoms with Gasteiger partial charge in [-0.1, -0.05) is 5.21 Å². The van der Waals surface area contributed by atoms with E-state index in [0.29, 0.717) is 6.04 Å². The lowest BCUT2D eigenvalue weighted by molar-refractivity contribution is 0.121. The second-order valence-electron chi connectivity index (χ2n) is 3.23. The van der Waals surface area contributed by atoms with Gasteiger partial charge in [-0.15, -0.1) is 0 Å². The van der Waals surface area contributed by atoms with E-state index in [-0.39, 0.29) is 0 Å². The summed E-state index contributed by atoms with van der Waals surface area (Å²) < 4.78 is 0. The first-order chi connectivity index (χ1) is 4.01. The van der Waals surface area contributed by atoms with E-state index in [4.69, 9.17) is 15.7 Å². The largest absolute Gasteiger partial charge is 0.303 e. The van der Waals surface area contributed by atoms with Gasteiger partial charge in [0.05, 0.1) is 15.7 Å². The Morgan fingerprint density at radius 1 is 1.33 bits per heavy atom. The van der Waals surface area contributed by atoms with E-state index in [1.54, 1.807) is 0 Å². The highest BCUT2D eigenvalue weighted by Crippen LogP contribution is 2.30. The van der Waals surface area contributed by atoms with Crippen LogP contribution in [0, 0.1) is 0 Å². The van der Waals surface area contributed by atoms with Crippen LogP contribution in [-0.4, -0.2) is 39.7 Å². The van der Waals surface area contributed by atoms with Crippen LogP contribution in [-0.2, 0) is 0 Å². The van der Waals surface area contributed by atoms with Gasteiger partial charge in [0.1, 0.15) is 0 Å². The zero-order valence-corrected chi connectivity index (χ0v) is 6.09. The van der Waals surface area contributed by atoms with Gasteiger partial charge >= 0.3 is 0 Å². The number of nitrogens with zero attached hydrogens (tertiary/aromatic N) is 1. The normalized spacial score (nSPS) is 26.1. The Balaban J connectivity index is 2.27. The zero-order chi connectivity index (χ0) is 7.07. The molecular formula is C6H11B2N. The Labute approximate surface area is 59.6 Å². The Morgan fingerprint density at radius 2 is 1.78 bits per heavy atom. The predicted octanol–water partition coefficient (Wildman–Crippen LogP) is 0.164. The summed E-state index contributed by atoms with van der Waals surface area (Å²) in [6.45, 7) is 5.97. The van der Waals surface area contributed by atoms with Crippen LogP contribution in [0.3, 0.4) is 0 Å². The molecule has 0 aromatic carbocycles. The fourth-order valence-corrected chi connectivity index (χ4v) is 1.08. The van der Waals surface area contributed by atoms with Crippen LogP contribution in [0.15, 0.2) is 0 Å². The number of hydrogen-bond donors (Lipinski definition) is 0. The molecule has 0 aromatic heterocycles. The van der Waals surface area contributed by atoms with Crippen molar-refractivity contribution in [2.24, 2.45) is 0 Å². The molecule has 0 bridgehead atoms. The summed E-state index contributed by atoms with van der Waals surface area (Å²) >= 11 is 0. The van der Waals surface area contributed by atoms with Crippen molar-refractivity contribution >= 4 is 15.7 Å². The maximum atomic E-state index is 5.59. The average Bonchev–Trinajstić information content (AvgIpc) is 1.59. The first-order valence-electron chi connectivity index (χ1n) is 3.33. The van der Waals surface area contributed by atoms with Crippen molar-refractivity contribution < 1.29 is 0 Å². The van der Waals surface area contributed by atoms with Crippen LogP contribution in [0.5, 0.6) is 0 Å². The Kier molecular flexibility index (Phi) is 1.64. The summed E-state index contributed by atoms with van der Waals surface area (Å²) in [5, 5.41) is -0.399. The third kappa shape index (κ3) is 1.51. The Hall–Kier alpha value is 0.0899. The molecular weight excluding hydrogens is 108 g/mol. The van der Waals surface area contributed by atoms with Crippen molar-refractivity contribution in [3.8, 4) is 0 Å². The van der Waals surface area contributed by atoms with Crippen LogP contribution in [0.2, 0.25) is 5.21 Å². The van der Waals surface area contributed by atoms with Gasteiger partial charge in [0, 0.05) is 6.04 Å². The second-order valence-corrected chi connectivity index (χ2v) is 3.23. The molecule has 9 heavy (non-hydrogen) atoms. The molecule has 0 spiro atoms. The van der Waals surface area contributed by atoms with Crippen LogP contribution in [0.4, 0.5) is 0 Å². The van der Waals surface area contributed by atoms with Crippen LogP contribution >= 0.6 is 0 Å². The SMILES string of the molecule is [B]C1([B])CN(C(C)C)C1. The van der Waals surface area contributed by atoms with Crippen molar-refractivity contribution in [2.75, 3.05) is 13.1 Å². The molecule has 46 valence electrons. The molecule has 0 aliphatic carbocycles. The van der Waals surface area contributed by atoms with Gasteiger partial charge in [0.2, 0.25) is 0 Å². The molecule has 3 heteroatoms. The van der Waals surface area contributed by atoms with Crippen LogP contribution < -0.4 is 0 Å². The third-order valence-electron chi connectivity index (χ3n) is 1.73. The Morgan fingerprint density at radius 3 is 1.89 bits per heavy atom. The minimum absolute atomic E-state index is 0.399. The van der Waals surface area contributed by atoms with Crippen LogP contribution in [0.1, 0.15) is 13.8 Å². The molecule has 1 fully saturated rings. The topological polar surface area (TPSA) is 3.24 Å². The molecule has 1 heterocycles. The monoisotopic (exact) mass is 119 g/mol. The highest BCUT2D eigenvalue weighted by molar-refractivity contribution is 6.40. The van der Waals surface area contributed by atoms with E-state index in [0.717, 1.165) is 13.1 Å². The minimum atomic E-state index is -0.399. The standard InChI is InChI=1S/C6H11B2N/c1-5(2)9-3-6(7,8)4-9/h5H,3-4H2,1-2H3. The van der Waals surface area contributed by atoms with Gasteiger partial charge in [-0.25, -0.2) is 0 Å². The lowest BCUT2D eigenvalue weighted by Gasteiger charge is -2.49. The van der Waals surface area contributed by atoms with E-state index in [1.165, 1.54) is 0 Å². The summed E-state index contributed by atoms with van der Waals surface area (Å²) in [4.78, 5) is 2.25.